The summed E-state index contributed by atoms with van der Waals surface area (Å²) in [5.41, 5.74) is 1.86. The lowest BCUT2D eigenvalue weighted by Gasteiger charge is -2.11. The summed E-state index contributed by atoms with van der Waals surface area (Å²) in [6.45, 7) is 1.89. The smallest absolute Gasteiger partial charge is 0.274 e. The molecule has 1 aliphatic carbocycles. The lowest BCUT2D eigenvalue weighted by atomic mass is 10.2. The molecule has 1 saturated carbocycles. The van der Waals surface area contributed by atoms with Crippen LogP contribution >= 0.6 is 27.5 Å². The Labute approximate surface area is 136 Å². The second-order valence-electron chi connectivity index (χ2n) is 5.11. The van der Waals surface area contributed by atoms with Crippen LogP contribution in [0, 0.1) is 6.92 Å². The van der Waals surface area contributed by atoms with Crippen molar-refractivity contribution in [1.82, 2.24) is 9.97 Å². The number of amides is 1. The molecule has 0 saturated heterocycles. The van der Waals surface area contributed by atoms with E-state index in [-0.39, 0.29) is 5.91 Å². The van der Waals surface area contributed by atoms with Gasteiger partial charge in [0.25, 0.3) is 5.91 Å². The Bertz CT molecular complexity index is 693. The van der Waals surface area contributed by atoms with Gasteiger partial charge >= 0.3 is 0 Å². The van der Waals surface area contributed by atoms with Gasteiger partial charge in [0.2, 0.25) is 0 Å². The van der Waals surface area contributed by atoms with Crippen molar-refractivity contribution in [2.75, 3.05) is 5.32 Å². The Morgan fingerprint density at radius 2 is 2.19 bits per heavy atom. The second-order valence-corrected chi connectivity index (χ2v) is 6.43. The molecule has 0 bridgehead atoms. The highest BCUT2D eigenvalue weighted by atomic mass is 79.9. The number of aromatic nitrogens is 2. The van der Waals surface area contributed by atoms with Crippen LogP contribution in [0.15, 0.2) is 28.9 Å². The van der Waals surface area contributed by atoms with Gasteiger partial charge in [-0.25, -0.2) is 9.97 Å². The van der Waals surface area contributed by atoms with E-state index < -0.39 is 0 Å². The maximum atomic E-state index is 12.3. The molecule has 1 aromatic carbocycles. The minimum atomic E-state index is -0.272. The predicted molar refractivity (Wildman–Crippen MR) is 85.8 cm³/mol. The van der Waals surface area contributed by atoms with Crippen LogP contribution in [0.1, 0.15) is 40.6 Å². The molecule has 4 nitrogen and oxygen atoms in total. The minimum Gasteiger partial charge on any atom is -0.319 e. The molecule has 0 spiro atoms. The number of carbonyl (C=O) groups is 1. The number of nitrogens with zero attached hydrogens (tertiary/aromatic N) is 2. The minimum absolute atomic E-state index is 0.272. The summed E-state index contributed by atoms with van der Waals surface area (Å²) >= 11 is 9.55. The maximum Gasteiger partial charge on any atom is 0.274 e. The Hall–Kier alpha value is -1.46. The van der Waals surface area contributed by atoms with Crippen molar-refractivity contribution in [2.45, 2.75) is 25.7 Å². The number of benzene rings is 1. The first-order chi connectivity index (χ1) is 10.0. The normalized spacial score (nSPS) is 14.0. The monoisotopic (exact) mass is 365 g/mol. The molecule has 0 radical (unpaired) electrons. The molecule has 1 aliphatic rings. The molecule has 0 aliphatic heterocycles. The van der Waals surface area contributed by atoms with Gasteiger partial charge in [0.1, 0.15) is 11.5 Å². The van der Waals surface area contributed by atoms with Crippen molar-refractivity contribution in [3.05, 3.63) is 51.0 Å². The van der Waals surface area contributed by atoms with Gasteiger partial charge in [0.15, 0.2) is 0 Å². The Morgan fingerprint density at radius 3 is 2.86 bits per heavy atom. The van der Waals surface area contributed by atoms with E-state index in [2.05, 4.69) is 31.2 Å². The summed E-state index contributed by atoms with van der Waals surface area (Å²) in [7, 11) is 0. The van der Waals surface area contributed by atoms with Gasteiger partial charge in [-0.05, 0) is 43.5 Å². The number of nitrogens with one attached hydrogen (secondary N) is 1. The standard InChI is InChI=1S/C15H13BrClN3O/c1-8-6-10(16)7-11(17)13(8)20-15(21)12-4-5-18-14(19-12)9-2-3-9/h4-7,9H,2-3H2,1H3,(H,20,21). The van der Waals surface area contributed by atoms with Crippen molar-refractivity contribution in [1.29, 1.82) is 0 Å². The van der Waals surface area contributed by atoms with Gasteiger partial charge < -0.3 is 5.32 Å². The number of hydrogen-bond acceptors (Lipinski definition) is 3. The molecule has 2 aromatic rings. The molecular weight excluding hydrogens is 354 g/mol. The largest absolute Gasteiger partial charge is 0.319 e. The van der Waals surface area contributed by atoms with E-state index in [1.54, 1.807) is 18.3 Å². The zero-order valence-electron chi connectivity index (χ0n) is 11.4. The fraction of sp³-hybridized carbons (Fsp3) is 0.267. The molecule has 1 aromatic heterocycles. The van der Waals surface area contributed by atoms with E-state index >= 15 is 0 Å². The van der Waals surface area contributed by atoms with E-state index in [9.17, 15) is 4.79 Å². The van der Waals surface area contributed by atoms with Gasteiger partial charge in [0, 0.05) is 16.6 Å². The van der Waals surface area contributed by atoms with Crippen LogP contribution in [0.4, 0.5) is 5.69 Å². The number of rotatable bonds is 3. The number of carbonyl (C=O) groups excluding carboxylic acids is 1. The molecule has 1 fully saturated rings. The molecular formula is C15H13BrClN3O. The molecule has 6 heteroatoms. The summed E-state index contributed by atoms with van der Waals surface area (Å²) < 4.78 is 0.876. The van der Waals surface area contributed by atoms with E-state index in [0.717, 1.165) is 28.7 Å². The quantitative estimate of drug-likeness (QED) is 0.879. The summed E-state index contributed by atoms with van der Waals surface area (Å²) in [5, 5.41) is 3.32. The molecule has 0 unspecified atom stereocenters. The number of hydrogen-bond donors (Lipinski definition) is 1. The third kappa shape index (κ3) is 3.24. The SMILES string of the molecule is Cc1cc(Br)cc(Cl)c1NC(=O)c1ccnc(C2CC2)n1. The lowest BCUT2D eigenvalue weighted by Crippen LogP contribution is -2.16. The van der Waals surface area contributed by atoms with Crippen molar-refractivity contribution in [3.63, 3.8) is 0 Å². The average molecular weight is 367 g/mol. The molecule has 0 atom stereocenters. The third-order valence-corrected chi connectivity index (χ3v) is 4.10. The molecule has 3 rings (SSSR count). The first-order valence-electron chi connectivity index (χ1n) is 6.64. The van der Waals surface area contributed by atoms with E-state index in [4.69, 9.17) is 11.6 Å². The van der Waals surface area contributed by atoms with Gasteiger partial charge in [-0.2, -0.15) is 0 Å². The van der Waals surface area contributed by atoms with Gasteiger partial charge in [0.05, 0.1) is 10.7 Å². The van der Waals surface area contributed by atoms with Crippen molar-refractivity contribution < 1.29 is 4.79 Å². The summed E-state index contributed by atoms with van der Waals surface area (Å²) in [4.78, 5) is 20.9. The third-order valence-electron chi connectivity index (χ3n) is 3.34. The summed E-state index contributed by atoms with van der Waals surface area (Å²) in [5.74, 6) is 0.892. The van der Waals surface area contributed by atoms with Crippen molar-refractivity contribution in [2.24, 2.45) is 0 Å². The van der Waals surface area contributed by atoms with E-state index in [1.807, 2.05) is 13.0 Å². The van der Waals surface area contributed by atoms with Crippen molar-refractivity contribution in [3.8, 4) is 0 Å². The van der Waals surface area contributed by atoms with Crippen LogP contribution < -0.4 is 5.32 Å². The van der Waals surface area contributed by atoms with E-state index in [1.165, 1.54) is 0 Å². The van der Waals surface area contributed by atoms with Gasteiger partial charge in [-0.15, -0.1) is 0 Å². The lowest BCUT2D eigenvalue weighted by molar-refractivity contribution is 0.102. The second kappa shape index (κ2) is 5.73. The first-order valence-corrected chi connectivity index (χ1v) is 7.81. The highest BCUT2D eigenvalue weighted by Gasteiger charge is 2.27. The number of aryl methyl sites for hydroxylation is 1. The van der Waals surface area contributed by atoms with Gasteiger partial charge in [-0.1, -0.05) is 27.5 Å². The van der Waals surface area contributed by atoms with Crippen LogP contribution in [0.3, 0.4) is 0 Å². The number of anilines is 1. The number of halogens is 2. The fourth-order valence-corrected chi connectivity index (χ4v) is 3.09. The zero-order chi connectivity index (χ0) is 15.0. The van der Waals surface area contributed by atoms with Crippen LogP contribution in [0.5, 0.6) is 0 Å². The Balaban J connectivity index is 1.85. The predicted octanol–water partition coefficient (Wildman–Crippen LogP) is 4.33. The Kier molecular flexibility index (Phi) is 3.95. The van der Waals surface area contributed by atoms with Gasteiger partial charge in [-0.3, -0.25) is 4.79 Å². The molecule has 1 N–H and O–H groups in total. The molecule has 1 heterocycles. The maximum absolute atomic E-state index is 12.3. The zero-order valence-corrected chi connectivity index (χ0v) is 13.7. The van der Waals surface area contributed by atoms with E-state index in [0.29, 0.717) is 22.3 Å². The summed E-state index contributed by atoms with van der Waals surface area (Å²) in [6.07, 6.45) is 3.83. The highest BCUT2D eigenvalue weighted by molar-refractivity contribution is 9.10. The van der Waals surface area contributed by atoms with Crippen LogP contribution in [-0.4, -0.2) is 15.9 Å². The van der Waals surface area contributed by atoms with Crippen molar-refractivity contribution >= 4 is 39.1 Å². The Morgan fingerprint density at radius 1 is 1.43 bits per heavy atom. The fourth-order valence-electron chi connectivity index (χ4n) is 2.08. The van der Waals surface area contributed by atoms with Crippen LogP contribution in [-0.2, 0) is 0 Å². The van der Waals surface area contributed by atoms with Crippen LogP contribution in [0.25, 0.3) is 0 Å². The van der Waals surface area contributed by atoms with Crippen LogP contribution in [0.2, 0.25) is 5.02 Å². The summed E-state index contributed by atoms with van der Waals surface area (Å²) in [6, 6.07) is 5.26. The molecule has 108 valence electrons. The average Bonchev–Trinajstić information content (AvgIpc) is 3.27. The highest BCUT2D eigenvalue weighted by Crippen LogP contribution is 2.37. The molecule has 1 amide bonds. The topological polar surface area (TPSA) is 54.9 Å². The molecule has 21 heavy (non-hydrogen) atoms. The first kappa shape index (κ1) is 14.5.